The molecule has 0 bridgehead atoms. The minimum Gasteiger partial charge on any atom is -0.309 e. The molecule has 0 radical (unpaired) electrons. The first-order valence-electron chi connectivity index (χ1n) is 20.8. The van der Waals surface area contributed by atoms with Crippen LogP contribution in [0.15, 0.2) is 218 Å². The first kappa shape index (κ1) is 33.1. The number of fused-ring (bicyclic) bond motifs is 12. The number of para-hydroxylation sites is 2. The summed E-state index contributed by atoms with van der Waals surface area (Å²) in [6, 6.07) is 80.7. The van der Waals surface area contributed by atoms with Gasteiger partial charge in [-0.05, 0) is 122 Å². The monoisotopic (exact) mass is 760 g/mol. The lowest BCUT2D eigenvalue weighted by Crippen LogP contribution is -1.96. The van der Waals surface area contributed by atoms with Gasteiger partial charge in [-0.2, -0.15) is 0 Å². The van der Waals surface area contributed by atoms with Crippen molar-refractivity contribution in [2.75, 3.05) is 0 Å². The van der Waals surface area contributed by atoms with Crippen molar-refractivity contribution in [1.29, 1.82) is 0 Å². The van der Waals surface area contributed by atoms with Crippen LogP contribution < -0.4 is 0 Å². The summed E-state index contributed by atoms with van der Waals surface area (Å²) in [7, 11) is 0. The molecule has 13 rings (SSSR count). The van der Waals surface area contributed by atoms with Crippen LogP contribution in [0.5, 0.6) is 0 Å². The highest BCUT2D eigenvalue weighted by Crippen LogP contribution is 2.49. The van der Waals surface area contributed by atoms with Crippen LogP contribution in [0.25, 0.3) is 121 Å². The fourth-order valence-corrected chi connectivity index (χ4v) is 10.0. The Hall–Kier alpha value is -7.94. The summed E-state index contributed by atoms with van der Waals surface area (Å²) >= 11 is 0. The molecular formula is C58H36N2. The number of hydrogen-bond acceptors (Lipinski definition) is 0. The van der Waals surface area contributed by atoms with Crippen LogP contribution in [0.4, 0.5) is 0 Å². The average molecular weight is 761 g/mol. The molecular weight excluding hydrogens is 725 g/mol. The van der Waals surface area contributed by atoms with Gasteiger partial charge in [0.2, 0.25) is 0 Å². The van der Waals surface area contributed by atoms with Gasteiger partial charge in [-0.15, -0.1) is 0 Å². The summed E-state index contributed by atoms with van der Waals surface area (Å²) in [6.07, 6.45) is 0. The van der Waals surface area contributed by atoms with E-state index in [0.29, 0.717) is 0 Å². The van der Waals surface area contributed by atoms with Crippen LogP contribution >= 0.6 is 0 Å². The van der Waals surface area contributed by atoms with Crippen molar-refractivity contribution in [3.63, 3.8) is 0 Å². The largest absolute Gasteiger partial charge is 0.309 e. The number of rotatable bonds is 4. The average Bonchev–Trinajstić information content (AvgIpc) is 3.80. The van der Waals surface area contributed by atoms with Crippen molar-refractivity contribution in [2.45, 2.75) is 0 Å². The molecule has 3 heterocycles. The molecule has 278 valence electrons. The highest BCUT2D eigenvalue weighted by Gasteiger charge is 2.26. The molecule has 60 heavy (non-hydrogen) atoms. The van der Waals surface area contributed by atoms with Crippen molar-refractivity contribution >= 4 is 54.4 Å². The SMILES string of the molecule is c1ccc(-c2ccc3c(c2)-c2ccccc2-c2cc(-c4ccc5c(c4)c4ccccc4n5-c4ccc(-c5ccc6ccccc6c5)cc4)cc4c5ccccc5n-3c24)cc1. The minimum absolute atomic E-state index is 1.15. The van der Waals surface area contributed by atoms with E-state index in [4.69, 9.17) is 0 Å². The van der Waals surface area contributed by atoms with Crippen molar-refractivity contribution in [1.82, 2.24) is 9.13 Å². The van der Waals surface area contributed by atoms with Gasteiger partial charge >= 0.3 is 0 Å². The van der Waals surface area contributed by atoms with Gasteiger partial charge in [-0.25, -0.2) is 0 Å². The predicted molar refractivity (Wildman–Crippen MR) is 253 cm³/mol. The van der Waals surface area contributed by atoms with E-state index in [1.54, 1.807) is 0 Å². The Morgan fingerprint density at radius 3 is 1.60 bits per heavy atom. The normalized spacial score (nSPS) is 12.0. The third kappa shape index (κ3) is 4.88. The molecule has 12 aromatic rings. The summed E-state index contributed by atoms with van der Waals surface area (Å²) < 4.78 is 4.93. The second-order valence-corrected chi connectivity index (χ2v) is 16.1. The van der Waals surface area contributed by atoms with Crippen LogP contribution in [0, 0.1) is 0 Å². The van der Waals surface area contributed by atoms with E-state index >= 15 is 0 Å². The van der Waals surface area contributed by atoms with E-state index in [9.17, 15) is 0 Å². The molecule has 0 saturated heterocycles. The second kappa shape index (κ2) is 12.8. The van der Waals surface area contributed by atoms with E-state index in [2.05, 4.69) is 228 Å². The fraction of sp³-hybridized carbons (Fsp3) is 0. The predicted octanol–water partition coefficient (Wildman–Crippen LogP) is 15.7. The molecule has 2 nitrogen and oxygen atoms in total. The van der Waals surface area contributed by atoms with E-state index in [-0.39, 0.29) is 0 Å². The van der Waals surface area contributed by atoms with Gasteiger partial charge in [0.25, 0.3) is 0 Å². The zero-order valence-electron chi connectivity index (χ0n) is 32.7. The topological polar surface area (TPSA) is 9.86 Å². The molecule has 0 spiro atoms. The molecule has 0 N–H and O–H groups in total. The fourth-order valence-electron chi connectivity index (χ4n) is 10.0. The molecule has 0 fully saturated rings. The van der Waals surface area contributed by atoms with Crippen molar-refractivity contribution < 1.29 is 0 Å². The molecule has 2 heteroatoms. The van der Waals surface area contributed by atoms with Gasteiger partial charge in [0, 0.05) is 38.4 Å². The molecule has 0 aliphatic carbocycles. The van der Waals surface area contributed by atoms with Crippen LogP contribution in [0.3, 0.4) is 0 Å². The number of hydrogen-bond donors (Lipinski definition) is 0. The summed E-state index contributed by atoms with van der Waals surface area (Å²) in [5, 5.41) is 7.54. The van der Waals surface area contributed by atoms with Crippen LogP contribution in [0.1, 0.15) is 0 Å². The standard InChI is InChI=1S/C58H36N2/c1-2-12-37(13-3-1)42-26-31-57-50(33-42)46-16-6-7-17-47(46)52-35-44(36-53-49-19-9-11-21-55(49)60(57)58(52)53)43-27-30-56-51(34-43)48-18-8-10-20-54(48)59(56)45-28-24-39(25-29-45)41-23-22-38-14-4-5-15-40(38)32-41/h1-36H. The quantitative estimate of drug-likeness (QED) is 0.169. The minimum atomic E-state index is 1.15. The van der Waals surface area contributed by atoms with E-state index < -0.39 is 0 Å². The highest BCUT2D eigenvalue weighted by atomic mass is 15.0. The number of nitrogens with zero attached hydrogens (tertiary/aromatic N) is 2. The van der Waals surface area contributed by atoms with E-state index in [0.717, 1.165) is 5.69 Å². The van der Waals surface area contributed by atoms with Gasteiger partial charge in [0.05, 0.1) is 27.8 Å². The lowest BCUT2D eigenvalue weighted by atomic mass is 9.90. The molecule has 1 aliphatic heterocycles. The van der Waals surface area contributed by atoms with Crippen LogP contribution in [-0.4, -0.2) is 9.13 Å². The molecule has 0 saturated carbocycles. The van der Waals surface area contributed by atoms with Crippen LogP contribution in [0.2, 0.25) is 0 Å². The van der Waals surface area contributed by atoms with Gasteiger partial charge < -0.3 is 9.13 Å². The molecule has 0 amide bonds. The molecule has 1 aliphatic rings. The highest BCUT2D eigenvalue weighted by molar-refractivity contribution is 6.18. The maximum Gasteiger partial charge on any atom is 0.0620 e. The third-order valence-corrected chi connectivity index (χ3v) is 12.8. The zero-order valence-corrected chi connectivity index (χ0v) is 32.7. The summed E-state index contributed by atoms with van der Waals surface area (Å²) in [6.45, 7) is 0. The zero-order chi connectivity index (χ0) is 39.3. The van der Waals surface area contributed by atoms with Gasteiger partial charge in [0.1, 0.15) is 0 Å². The summed E-state index contributed by atoms with van der Waals surface area (Å²) in [4.78, 5) is 0. The number of benzene rings is 10. The third-order valence-electron chi connectivity index (χ3n) is 12.8. The van der Waals surface area contributed by atoms with Crippen molar-refractivity contribution in [2.24, 2.45) is 0 Å². The maximum absolute atomic E-state index is 2.51. The van der Waals surface area contributed by atoms with Gasteiger partial charge in [0.15, 0.2) is 0 Å². The molecule has 2 aromatic heterocycles. The lowest BCUT2D eigenvalue weighted by molar-refractivity contribution is 1.18. The van der Waals surface area contributed by atoms with Gasteiger partial charge in [-0.1, -0.05) is 152 Å². The Labute approximate surface area is 347 Å². The Morgan fingerprint density at radius 2 is 0.783 bits per heavy atom. The summed E-state index contributed by atoms with van der Waals surface area (Å²) in [5.74, 6) is 0. The van der Waals surface area contributed by atoms with Crippen LogP contribution in [-0.2, 0) is 0 Å². The van der Waals surface area contributed by atoms with E-state index in [1.807, 2.05) is 0 Å². The first-order valence-corrected chi connectivity index (χ1v) is 20.8. The van der Waals surface area contributed by atoms with Gasteiger partial charge in [-0.3, -0.25) is 0 Å². The Morgan fingerprint density at radius 1 is 0.250 bits per heavy atom. The molecule has 0 atom stereocenters. The Balaban J connectivity index is 0.991. The summed E-state index contributed by atoms with van der Waals surface area (Å²) in [5.41, 5.74) is 19.5. The Bertz CT molecular complexity index is 3700. The first-order chi connectivity index (χ1) is 29.7. The molecule has 10 aromatic carbocycles. The maximum atomic E-state index is 2.51. The molecule has 0 unspecified atom stereocenters. The smallest absolute Gasteiger partial charge is 0.0620 e. The number of aromatic nitrogens is 2. The van der Waals surface area contributed by atoms with E-state index in [1.165, 1.54) is 116 Å². The van der Waals surface area contributed by atoms with Crippen molar-refractivity contribution in [3.8, 4) is 67.0 Å². The Kier molecular flexibility index (Phi) is 7.05. The van der Waals surface area contributed by atoms with Crippen molar-refractivity contribution in [3.05, 3.63) is 218 Å². The lowest BCUT2D eigenvalue weighted by Gasteiger charge is -2.14. The second-order valence-electron chi connectivity index (χ2n) is 16.1.